The SMILES string of the molecule is CC.CC1=CC(C)C(N=C(N=NN)c2ccccc2)=CC1C. The number of aliphatic imine (C=N–C) groups is 1. The van der Waals surface area contributed by atoms with Gasteiger partial charge < -0.3 is 5.84 Å². The molecule has 0 fully saturated rings. The lowest BCUT2D eigenvalue weighted by molar-refractivity contribution is 0.727. The molecule has 2 N–H and O–H groups in total. The minimum Gasteiger partial charge on any atom is -0.305 e. The first-order valence-electron chi connectivity index (χ1n) is 7.77. The molecule has 0 bridgehead atoms. The number of hydrogen-bond donors (Lipinski definition) is 1. The summed E-state index contributed by atoms with van der Waals surface area (Å²) in [5.41, 5.74) is 3.29. The summed E-state index contributed by atoms with van der Waals surface area (Å²) in [5.74, 6) is 6.43. The maximum absolute atomic E-state index is 5.20. The highest BCUT2D eigenvalue weighted by atomic mass is 15.3. The van der Waals surface area contributed by atoms with E-state index in [1.807, 2.05) is 44.2 Å². The largest absolute Gasteiger partial charge is 0.305 e. The van der Waals surface area contributed by atoms with Gasteiger partial charge in [-0.2, -0.15) is 0 Å². The standard InChI is InChI=1S/C16H20N4.C2H6/c1-11-9-13(3)15(10-12(11)2)18-16(19-20-17)14-7-5-4-6-8-14;1-2/h4-10,12-13H,1-3H3,(H2,17,18,19);1-2H3. The molecule has 0 aliphatic heterocycles. The van der Waals surface area contributed by atoms with E-state index in [0.717, 1.165) is 11.3 Å². The molecule has 0 amide bonds. The highest BCUT2D eigenvalue weighted by Crippen LogP contribution is 2.28. The van der Waals surface area contributed by atoms with Crippen LogP contribution in [0, 0.1) is 11.8 Å². The van der Waals surface area contributed by atoms with Gasteiger partial charge in [-0.1, -0.05) is 81.0 Å². The Kier molecular flexibility index (Phi) is 7.23. The Balaban J connectivity index is 0.00000116. The molecule has 2 atom stereocenters. The van der Waals surface area contributed by atoms with E-state index in [1.165, 1.54) is 5.57 Å². The van der Waals surface area contributed by atoms with E-state index in [1.54, 1.807) is 0 Å². The minimum absolute atomic E-state index is 0.276. The van der Waals surface area contributed by atoms with Crippen molar-refractivity contribution < 1.29 is 0 Å². The molecule has 0 spiro atoms. The van der Waals surface area contributed by atoms with E-state index in [4.69, 9.17) is 5.84 Å². The Morgan fingerprint density at radius 3 is 2.23 bits per heavy atom. The number of rotatable bonds is 2. The third-order valence-corrected chi connectivity index (χ3v) is 3.54. The van der Waals surface area contributed by atoms with Gasteiger partial charge in [-0.05, 0) is 12.8 Å². The van der Waals surface area contributed by atoms with Crippen molar-refractivity contribution in [2.75, 3.05) is 0 Å². The molecule has 0 saturated carbocycles. The highest BCUT2D eigenvalue weighted by molar-refractivity contribution is 5.99. The van der Waals surface area contributed by atoms with Gasteiger partial charge in [0.05, 0.1) is 0 Å². The number of allylic oxidation sites excluding steroid dienone is 3. The zero-order valence-corrected chi connectivity index (χ0v) is 14.1. The molecule has 0 aromatic heterocycles. The molecule has 1 aromatic rings. The molecule has 0 saturated heterocycles. The van der Waals surface area contributed by atoms with E-state index in [-0.39, 0.29) is 5.92 Å². The Morgan fingerprint density at radius 1 is 1.00 bits per heavy atom. The van der Waals surface area contributed by atoms with Crippen LogP contribution in [0.25, 0.3) is 0 Å². The van der Waals surface area contributed by atoms with Crippen LogP contribution in [0.1, 0.15) is 40.2 Å². The summed E-state index contributed by atoms with van der Waals surface area (Å²) in [7, 11) is 0. The fourth-order valence-electron chi connectivity index (χ4n) is 2.22. The number of nitrogens with zero attached hydrogens (tertiary/aromatic N) is 3. The first-order chi connectivity index (χ1) is 10.6. The summed E-state index contributed by atoms with van der Waals surface area (Å²) in [4.78, 5) is 4.65. The van der Waals surface area contributed by atoms with Gasteiger partial charge in [0.15, 0.2) is 5.84 Å². The number of nitrogens with two attached hydrogens (primary N) is 1. The van der Waals surface area contributed by atoms with Gasteiger partial charge in [0, 0.05) is 17.2 Å². The molecule has 118 valence electrons. The molecule has 22 heavy (non-hydrogen) atoms. The maximum Gasteiger partial charge on any atom is 0.183 e. The van der Waals surface area contributed by atoms with Gasteiger partial charge in [-0.3, -0.25) is 0 Å². The van der Waals surface area contributed by atoms with Crippen LogP contribution in [0.4, 0.5) is 0 Å². The van der Waals surface area contributed by atoms with Gasteiger partial charge in [0.1, 0.15) is 0 Å². The van der Waals surface area contributed by atoms with Crippen molar-refractivity contribution in [2.24, 2.45) is 33.0 Å². The summed E-state index contributed by atoms with van der Waals surface area (Å²) < 4.78 is 0. The Bertz CT molecular complexity index is 582. The summed E-state index contributed by atoms with van der Waals surface area (Å²) >= 11 is 0. The number of hydrogen-bond acceptors (Lipinski definition) is 2. The summed E-state index contributed by atoms with van der Waals surface area (Å²) in [6.07, 6.45) is 4.42. The van der Waals surface area contributed by atoms with Crippen molar-refractivity contribution in [3.05, 3.63) is 59.3 Å². The molecule has 1 aliphatic rings. The first kappa shape index (κ1) is 17.8. The fraction of sp³-hybridized carbons (Fsp3) is 0.389. The van der Waals surface area contributed by atoms with Crippen LogP contribution in [0.2, 0.25) is 0 Å². The summed E-state index contributed by atoms with van der Waals surface area (Å²) in [6, 6.07) is 9.75. The van der Waals surface area contributed by atoms with Crippen LogP contribution in [-0.4, -0.2) is 5.84 Å². The number of benzene rings is 1. The van der Waals surface area contributed by atoms with Crippen molar-refractivity contribution in [1.29, 1.82) is 0 Å². The molecule has 1 aromatic carbocycles. The van der Waals surface area contributed by atoms with Crippen LogP contribution >= 0.6 is 0 Å². The third kappa shape index (κ3) is 4.65. The van der Waals surface area contributed by atoms with Gasteiger partial charge >= 0.3 is 0 Å². The second-order valence-corrected chi connectivity index (χ2v) is 5.10. The Labute approximate surface area is 133 Å². The van der Waals surface area contributed by atoms with E-state index in [2.05, 4.69) is 48.3 Å². The minimum atomic E-state index is 0.276. The number of amidine groups is 1. The molecule has 1 aliphatic carbocycles. The second kappa shape index (κ2) is 8.93. The Hall–Kier alpha value is -2.23. The maximum atomic E-state index is 5.20. The molecule has 4 nitrogen and oxygen atoms in total. The monoisotopic (exact) mass is 298 g/mol. The molecule has 2 rings (SSSR count). The molecule has 0 heterocycles. The normalized spacial score (nSPS) is 21.8. The third-order valence-electron chi connectivity index (χ3n) is 3.54. The van der Waals surface area contributed by atoms with Crippen molar-refractivity contribution in [3.63, 3.8) is 0 Å². The molecule has 0 radical (unpaired) electrons. The molecule has 4 heteroatoms. The topological polar surface area (TPSA) is 63.1 Å². The van der Waals surface area contributed by atoms with Crippen LogP contribution in [0.5, 0.6) is 0 Å². The van der Waals surface area contributed by atoms with Crippen molar-refractivity contribution in [1.82, 2.24) is 0 Å². The van der Waals surface area contributed by atoms with Crippen molar-refractivity contribution >= 4 is 5.84 Å². The van der Waals surface area contributed by atoms with Gasteiger partial charge in [-0.25, -0.2) is 4.99 Å². The zero-order valence-electron chi connectivity index (χ0n) is 14.1. The second-order valence-electron chi connectivity index (χ2n) is 5.10. The average molecular weight is 298 g/mol. The highest BCUT2D eigenvalue weighted by Gasteiger charge is 2.16. The van der Waals surface area contributed by atoms with Crippen LogP contribution in [0.15, 0.2) is 69.1 Å². The van der Waals surface area contributed by atoms with E-state index in [9.17, 15) is 0 Å². The lowest BCUT2D eigenvalue weighted by Crippen LogP contribution is -2.09. The van der Waals surface area contributed by atoms with Crippen molar-refractivity contribution in [2.45, 2.75) is 34.6 Å². The molecular formula is C18H26N4. The predicted octanol–water partition coefficient (Wildman–Crippen LogP) is 4.90. The summed E-state index contributed by atoms with van der Waals surface area (Å²) in [5, 5.41) is 7.35. The van der Waals surface area contributed by atoms with E-state index < -0.39 is 0 Å². The average Bonchev–Trinajstić information content (AvgIpc) is 2.54. The lowest BCUT2D eigenvalue weighted by atomic mass is 9.89. The van der Waals surface area contributed by atoms with Crippen molar-refractivity contribution in [3.8, 4) is 0 Å². The molecular weight excluding hydrogens is 272 g/mol. The van der Waals surface area contributed by atoms with Gasteiger partial charge in [0.25, 0.3) is 0 Å². The van der Waals surface area contributed by atoms with Gasteiger partial charge in [0.2, 0.25) is 0 Å². The smallest absolute Gasteiger partial charge is 0.183 e. The van der Waals surface area contributed by atoms with Crippen LogP contribution < -0.4 is 5.84 Å². The summed E-state index contributed by atoms with van der Waals surface area (Å²) in [6.45, 7) is 10.4. The van der Waals surface area contributed by atoms with Crippen LogP contribution in [-0.2, 0) is 0 Å². The van der Waals surface area contributed by atoms with Gasteiger partial charge in [-0.15, -0.1) is 5.11 Å². The molecule has 2 unspecified atom stereocenters. The zero-order chi connectivity index (χ0) is 16.5. The quantitative estimate of drug-likeness (QED) is 0.207. The Morgan fingerprint density at radius 2 is 1.64 bits per heavy atom. The van der Waals surface area contributed by atoms with Crippen LogP contribution in [0.3, 0.4) is 0 Å². The lowest BCUT2D eigenvalue weighted by Gasteiger charge is -2.20. The predicted molar refractivity (Wildman–Crippen MR) is 93.5 cm³/mol. The first-order valence-corrected chi connectivity index (χ1v) is 7.77. The van der Waals surface area contributed by atoms with E-state index in [0.29, 0.717) is 11.8 Å². The van der Waals surface area contributed by atoms with E-state index >= 15 is 0 Å². The fourth-order valence-corrected chi connectivity index (χ4v) is 2.22.